The molecule has 0 heterocycles. The molecule has 88 valence electrons. The van der Waals surface area contributed by atoms with Crippen LogP contribution in [-0.4, -0.2) is 20.7 Å². The highest BCUT2D eigenvalue weighted by Gasteiger charge is 2.07. The van der Waals surface area contributed by atoms with Crippen LogP contribution < -0.4 is 10.1 Å². The smallest absolute Gasteiger partial charge is 0.162 e. The highest BCUT2D eigenvalue weighted by Crippen LogP contribution is 2.23. The second-order valence-corrected chi connectivity index (χ2v) is 3.30. The Balaban J connectivity index is 2.85. The van der Waals surface area contributed by atoms with Crippen LogP contribution in [0.2, 0.25) is 0 Å². The van der Waals surface area contributed by atoms with Gasteiger partial charge in [-0.25, -0.2) is 8.78 Å². The zero-order chi connectivity index (χ0) is 12.0. The molecule has 2 nitrogen and oxygen atoms in total. The van der Waals surface area contributed by atoms with Gasteiger partial charge in [-0.05, 0) is 26.1 Å². The van der Waals surface area contributed by atoms with Gasteiger partial charge in [-0.2, -0.15) is 0 Å². The molecule has 0 spiro atoms. The number of hydrogen-bond donors (Lipinski definition) is 1. The van der Waals surface area contributed by atoms with Crippen LogP contribution in [0, 0.1) is 11.6 Å². The zero-order valence-electron chi connectivity index (χ0n) is 9.39. The number of halogens is 2. The normalized spacial score (nSPS) is 11.0. The van der Waals surface area contributed by atoms with Gasteiger partial charge in [0.15, 0.2) is 11.6 Å². The Morgan fingerprint density at radius 2 is 2.00 bits per heavy atom. The van der Waals surface area contributed by atoms with E-state index in [9.17, 15) is 8.78 Å². The van der Waals surface area contributed by atoms with Gasteiger partial charge >= 0.3 is 0 Å². The SMILES string of the molecule is CNCCC=Cc1cc(F)c(F)cc1OC. The van der Waals surface area contributed by atoms with E-state index >= 15 is 0 Å². The fourth-order valence-electron chi connectivity index (χ4n) is 1.29. The molecule has 0 saturated carbocycles. The highest BCUT2D eigenvalue weighted by molar-refractivity contribution is 5.57. The van der Waals surface area contributed by atoms with Crippen LogP contribution in [-0.2, 0) is 0 Å². The Morgan fingerprint density at radius 3 is 2.62 bits per heavy atom. The van der Waals surface area contributed by atoms with Crippen molar-refractivity contribution in [3.05, 3.63) is 35.4 Å². The van der Waals surface area contributed by atoms with Gasteiger partial charge in [-0.3, -0.25) is 0 Å². The third-order valence-electron chi connectivity index (χ3n) is 2.13. The molecule has 1 rings (SSSR count). The fourth-order valence-corrected chi connectivity index (χ4v) is 1.29. The number of nitrogens with one attached hydrogen (secondary N) is 1. The van der Waals surface area contributed by atoms with Gasteiger partial charge in [-0.15, -0.1) is 0 Å². The lowest BCUT2D eigenvalue weighted by molar-refractivity contribution is 0.405. The lowest BCUT2D eigenvalue weighted by atomic mass is 10.1. The minimum atomic E-state index is -0.899. The van der Waals surface area contributed by atoms with Crippen LogP contribution in [0.25, 0.3) is 6.08 Å². The molecule has 4 heteroatoms. The molecule has 0 aromatic heterocycles. The maximum Gasteiger partial charge on any atom is 0.162 e. The van der Waals surface area contributed by atoms with Gasteiger partial charge in [0.2, 0.25) is 0 Å². The topological polar surface area (TPSA) is 21.3 Å². The first-order valence-corrected chi connectivity index (χ1v) is 5.03. The minimum absolute atomic E-state index is 0.333. The molecule has 0 fully saturated rings. The lowest BCUT2D eigenvalue weighted by Crippen LogP contribution is -2.05. The Kier molecular flexibility index (Phi) is 4.92. The molecule has 1 aromatic carbocycles. The van der Waals surface area contributed by atoms with Gasteiger partial charge in [0, 0.05) is 11.6 Å². The molecule has 0 atom stereocenters. The van der Waals surface area contributed by atoms with Gasteiger partial charge in [-0.1, -0.05) is 12.2 Å². The Labute approximate surface area is 93.9 Å². The molecule has 1 N–H and O–H groups in total. The first-order valence-electron chi connectivity index (χ1n) is 5.03. The number of methoxy groups -OCH3 is 1. The van der Waals surface area contributed by atoms with Crippen molar-refractivity contribution < 1.29 is 13.5 Å². The maximum atomic E-state index is 13.0. The average Bonchev–Trinajstić information content (AvgIpc) is 2.28. The largest absolute Gasteiger partial charge is 0.496 e. The van der Waals surface area contributed by atoms with Crippen molar-refractivity contribution in [2.75, 3.05) is 20.7 Å². The predicted octanol–water partition coefficient (Wildman–Crippen LogP) is 2.60. The summed E-state index contributed by atoms with van der Waals surface area (Å²) in [7, 11) is 3.28. The van der Waals surface area contributed by atoms with Crippen molar-refractivity contribution in [3.63, 3.8) is 0 Å². The summed E-state index contributed by atoms with van der Waals surface area (Å²) < 4.78 is 30.9. The summed E-state index contributed by atoms with van der Waals surface area (Å²) in [4.78, 5) is 0. The van der Waals surface area contributed by atoms with Crippen LogP contribution in [0.3, 0.4) is 0 Å². The summed E-state index contributed by atoms with van der Waals surface area (Å²) in [5.41, 5.74) is 0.539. The third kappa shape index (κ3) is 3.31. The van der Waals surface area contributed by atoms with E-state index in [0.29, 0.717) is 11.3 Å². The first-order chi connectivity index (χ1) is 7.69. The minimum Gasteiger partial charge on any atom is -0.496 e. The van der Waals surface area contributed by atoms with Gasteiger partial charge in [0.25, 0.3) is 0 Å². The van der Waals surface area contributed by atoms with Gasteiger partial charge < -0.3 is 10.1 Å². The number of benzene rings is 1. The summed E-state index contributed by atoms with van der Waals surface area (Å²) in [6, 6.07) is 2.18. The highest BCUT2D eigenvalue weighted by atomic mass is 19.2. The molecule has 0 bridgehead atoms. The Hall–Kier alpha value is -1.42. The van der Waals surface area contributed by atoms with Crippen molar-refractivity contribution >= 4 is 6.08 Å². The summed E-state index contributed by atoms with van der Waals surface area (Å²) >= 11 is 0. The Bertz CT molecular complexity index is 378. The molecule has 0 aliphatic rings. The first kappa shape index (κ1) is 12.6. The lowest BCUT2D eigenvalue weighted by Gasteiger charge is -2.05. The van der Waals surface area contributed by atoms with Crippen LogP contribution in [0.4, 0.5) is 8.78 Å². The molecule has 0 aliphatic heterocycles. The monoisotopic (exact) mass is 227 g/mol. The van der Waals surface area contributed by atoms with Crippen LogP contribution in [0.15, 0.2) is 18.2 Å². The second kappa shape index (κ2) is 6.23. The average molecular weight is 227 g/mol. The molecular formula is C12H15F2NO. The maximum absolute atomic E-state index is 13.0. The van der Waals surface area contributed by atoms with E-state index in [1.54, 1.807) is 6.08 Å². The molecular weight excluding hydrogens is 212 g/mol. The van der Waals surface area contributed by atoms with E-state index in [1.807, 2.05) is 13.1 Å². The van der Waals surface area contributed by atoms with E-state index in [-0.39, 0.29) is 0 Å². The van der Waals surface area contributed by atoms with E-state index in [0.717, 1.165) is 25.1 Å². The fraction of sp³-hybridized carbons (Fsp3) is 0.333. The quantitative estimate of drug-likeness (QED) is 0.781. The van der Waals surface area contributed by atoms with E-state index in [4.69, 9.17) is 4.74 Å². The molecule has 0 aliphatic carbocycles. The second-order valence-electron chi connectivity index (χ2n) is 3.30. The summed E-state index contributed by atoms with van der Waals surface area (Å²) in [6.07, 6.45) is 4.42. The Morgan fingerprint density at radius 1 is 1.31 bits per heavy atom. The van der Waals surface area contributed by atoms with Crippen molar-refractivity contribution in [1.29, 1.82) is 0 Å². The summed E-state index contributed by atoms with van der Waals surface area (Å²) in [5.74, 6) is -1.43. The third-order valence-corrected chi connectivity index (χ3v) is 2.13. The van der Waals surface area contributed by atoms with E-state index < -0.39 is 11.6 Å². The van der Waals surface area contributed by atoms with Gasteiger partial charge in [0.05, 0.1) is 7.11 Å². The van der Waals surface area contributed by atoms with Crippen LogP contribution in [0.1, 0.15) is 12.0 Å². The van der Waals surface area contributed by atoms with Crippen molar-refractivity contribution in [2.24, 2.45) is 0 Å². The van der Waals surface area contributed by atoms with Crippen LogP contribution in [0.5, 0.6) is 5.75 Å². The van der Waals surface area contributed by atoms with Crippen molar-refractivity contribution in [2.45, 2.75) is 6.42 Å². The van der Waals surface area contributed by atoms with Crippen molar-refractivity contribution in [3.8, 4) is 5.75 Å². The predicted molar refractivity (Wildman–Crippen MR) is 60.5 cm³/mol. The van der Waals surface area contributed by atoms with Gasteiger partial charge in [0.1, 0.15) is 5.75 Å². The standard InChI is InChI=1S/C12H15F2NO/c1-15-6-4-3-5-9-7-10(13)11(14)8-12(9)16-2/h3,5,7-8,15H,4,6H2,1-2H3. The van der Waals surface area contributed by atoms with Crippen molar-refractivity contribution in [1.82, 2.24) is 5.32 Å². The van der Waals surface area contributed by atoms with E-state index in [1.165, 1.54) is 7.11 Å². The zero-order valence-corrected chi connectivity index (χ0v) is 9.39. The molecule has 0 saturated heterocycles. The molecule has 1 aromatic rings. The molecule has 0 unspecified atom stereocenters. The molecule has 0 radical (unpaired) electrons. The summed E-state index contributed by atoms with van der Waals surface area (Å²) in [5, 5.41) is 2.99. The molecule has 0 amide bonds. The van der Waals surface area contributed by atoms with E-state index in [2.05, 4.69) is 5.32 Å². The number of ether oxygens (including phenoxy) is 1. The summed E-state index contributed by atoms with van der Waals surface area (Å²) in [6.45, 7) is 0.836. The number of rotatable bonds is 5. The van der Waals surface area contributed by atoms with Crippen LogP contribution >= 0.6 is 0 Å². The number of hydrogen-bond acceptors (Lipinski definition) is 2. The molecule has 16 heavy (non-hydrogen) atoms.